The fraction of sp³-hybridized carbons (Fsp3) is 0.188. The number of esters is 1. The van der Waals surface area contributed by atoms with Crippen molar-refractivity contribution in [2.45, 2.75) is 12.5 Å². The van der Waals surface area contributed by atoms with Crippen molar-refractivity contribution < 1.29 is 9.53 Å². The zero-order chi connectivity index (χ0) is 13.2. The molecule has 0 bridgehead atoms. The first-order chi connectivity index (χ1) is 9.25. The molecule has 0 saturated carbocycles. The average molecular weight is 253 g/mol. The summed E-state index contributed by atoms with van der Waals surface area (Å²) in [6.45, 7) is 0. The van der Waals surface area contributed by atoms with Crippen molar-refractivity contribution in [2.24, 2.45) is 0 Å². The van der Waals surface area contributed by atoms with Gasteiger partial charge in [-0.05, 0) is 17.7 Å². The lowest BCUT2D eigenvalue weighted by Gasteiger charge is -2.34. The summed E-state index contributed by atoms with van der Waals surface area (Å²) in [5.74, 6) is 0.448. The Morgan fingerprint density at radius 3 is 2.53 bits per heavy atom. The summed E-state index contributed by atoms with van der Waals surface area (Å²) in [5, 5.41) is 0. The Kier molecular flexibility index (Phi) is 2.95. The number of hydrogen-bond acceptors (Lipinski definition) is 3. The second kappa shape index (κ2) is 4.76. The fourth-order valence-electron chi connectivity index (χ4n) is 2.39. The van der Waals surface area contributed by atoms with E-state index < -0.39 is 0 Å². The third kappa shape index (κ3) is 2.19. The molecule has 0 amide bonds. The quantitative estimate of drug-likeness (QED) is 0.608. The lowest BCUT2D eigenvalue weighted by Crippen LogP contribution is -2.46. The van der Waals surface area contributed by atoms with Gasteiger partial charge in [-0.1, -0.05) is 42.5 Å². The maximum absolute atomic E-state index is 12.1. The summed E-state index contributed by atoms with van der Waals surface area (Å²) in [4.78, 5) is 14.1. The maximum atomic E-state index is 12.1. The van der Waals surface area contributed by atoms with Crippen LogP contribution in [0.3, 0.4) is 0 Å². The van der Waals surface area contributed by atoms with Crippen LogP contribution in [-0.2, 0) is 11.2 Å². The van der Waals surface area contributed by atoms with E-state index in [4.69, 9.17) is 4.74 Å². The van der Waals surface area contributed by atoms with Crippen LogP contribution in [0.15, 0.2) is 54.6 Å². The van der Waals surface area contributed by atoms with E-state index in [0.29, 0.717) is 12.2 Å². The number of hydrogen-bond donors (Lipinski definition) is 0. The number of nitrogens with zero attached hydrogens (tertiary/aromatic N) is 1. The van der Waals surface area contributed by atoms with Crippen LogP contribution in [0.4, 0.5) is 5.69 Å². The van der Waals surface area contributed by atoms with Crippen molar-refractivity contribution in [3.63, 3.8) is 0 Å². The third-order valence-electron chi connectivity index (χ3n) is 3.47. The lowest BCUT2D eigenvalue weighted by atomic mass is 10.0. The largest absolute Gasteiger partial charge is 0.423 e. The van der Waals surface area contributed by atoms with Crippen LogP contribution >= 0.6 is 0 Å². The van der Waals surface area contributed by atoms with Crippen LogP contribution in [0.5, 0.6) is 5.75 Å². The minimum atomic E-state index is -0.266. The first-order valence-electron chi connectivity index (χ1n) is 6.33. The van der Waals surface area contributed by atoms with Crippen molar-refractivity contribution in [1.29, 1.82) is 0 Å². The number of anilines is 1. The Morgan fingerprint density at radius 1 is 1.05 bits per heavy atom. The Hall–Kier alpha value is -2.29. The predicted molar refractivity (Wildman–Crippen MR) is 74.4 cm³/mol. The van der Waals surface area contributed by atoms with Gasteiger partial charge in [0, 0.05) is 13.5 Å². The van der Waals surface area contributed by atoms with E-state index in [2.05, 4.69) is 0 Å². The topological polar surface area (TPSA) is 29.5 Å². The number of rotatable bonds is 2. The summed E-state index contributed by atoms with van der Waals surface area (Å²) >= 11 is 0. The lowest BCUT2D eigenvalue weighted by molar-refractivity contribution is -0.136. The number of fused-ring (bicyclic) bond motifs is 1. The van der Waals surface area contributed by atoms with Crippen LogP contribution in [0.25, 0.3) is 0 Å². The first-order valence-corrected chi connectivity index (χ1v) is 6.33. The van der Waals surface area contributed by atoms with E-state index in [0.717, 1.165) is 11.3 Å². The van der Waals surface area contributed by atoms with Gasteiger partial charge in [-0.2, -0.15) is 0 Å². The van der Waals surface area contributed by atoms with Gasteiger partial charge in [0.05, 0.1) is 5.69 Å². The van der Waals surface area contributed by atoms with Gasteiger partial charge in [-0.15, -0.1) is 0 Å². The highest BCUT2D eigenvalue weighted by molar-refractivity contribution is 5.87. The molecule has 0 radical (unpaired) electrons. The molecule has 0 saturated heterocycles. The highest BCUT2D eigenvalue weighted by atomic mass is 16.5. The summed E-state index contributed by atoms with van der Waals surface area (Å²) in [7, 11) is 1.94. The van der Waals surface area contributed by atoms with E-state index >= 15 is 0 Å². The molecule has 3 rings (SSSR count). The number of ether oxygens (including phenoxy) is 1. The van der Waals surface area contributed by atoms with E-state index in [1.54, 1.807) is 0 Å². The Morgan fingerprint density at radius 2 is 1.74 bits per heavy atom. The highest BCUT2D eigenvalue weighted by Gasteiger charge is 2.32. The second-order valence-electron chi connectivity index (χ2n) is 4.71. The zero-order valence-electron chi connectivity index (χ0n) is 10.7. The minimum absolute atomic E-state index is 0.190. The van der Waals surface area contributed by atoms with Gasteiger partial charge in [0.25, 0.3) is 0 Å². The van der Waals surface area contributed by atoms with Crippen LogP contribution in [0, 0.1) is 0 Å². The van der Waals surface area contributed by atoms with Crippen LogP contribution in [0.2, 0.25) is 0 Å². The molecule has 2 aromatic rings. The van der Waals surface area contributed by atoms with Gasteiger partial charge < -0.3 is 9.64 Å². The third-order valence-corrected chi connectivity index (χ3v) is 3.47. The van der Waals surface area contributed by atoms with Gasteiger partial charge in [0.15, 0.2) is 5.75 Å². The minimum Gasteiger partial charge on any atom is -0.423 e. The average Bonchev–Trinajstić information content (AvgIpc) is 2.45. The number of likely N-dealkylation sites (N-methyl/N-ethyl adjacent to an activating group) is 1. The van der Waals surface area contributed by atoms with Crippen LogP contribution < -0.4 is 9.64 Å². The SMILES string of the molecule is CN1c2ccccc2OC(=O)C1Cc1ccccc1. The van der Waals surface area contributed by atoms with Crippen LogP contribution in [-0.4, -0.2) is 19.1 Å². The second-order valence-corrected chi connectivity index (χ2v) is 4.71. The molecule has 1 unspecified atom stereocenters. The molecule has 0 spiro atoms. The van der Waals surface area contributed by atoms with Crippen molar-refractivity contribution >= 4 is 11.7 Å². The van der Waals surface area contributed by atoms with Gasteiger partial charge in [-0.3, -0.25) is 0 Å². The maximum Gasteiger partial charge on any atom is 0.334 e. The van der Waals surface area contributed by atoms with E-state index in [1.807, 2.05) is 66.5 Å². The standard InChI is InChI=1S/C16H15NO2/c1-17-13-9-5-6-10-15(13)19-16(18)14(17)11-12-7-3-2-4-8-12/h2-10,14H,11H2,1H3. The summed E-state index contributed by atoms with van der Waals surface area (Å²) in [6, 6.07) is 17.4. The molecule has 2 aromatic carbocycles. The molecule has 1 aliphatic heterocycles. The van der Waals surface area contributed by atoms with Crippen molar-refractivity contribution in [2.75, 3.05) is 11.9 Å². The molecule has 0 aromatic heterocycles. The fourth-order valence-corrected chi connectivity index (χ4v) is 2.39. The number of benzene rings is 2. The number of carbonyl (C=O) groups excluding carboxylic acids is 1. The van der Waals surface area contributed by atoms with Crippen molar-refractivity contribution in [1.82, 2.24) is 0 Å². The molecule has 1 atom stereocenters. The molecular formula is C16H15NO2. The molecular weight excluding hydrogens is 238 g/mol. The zero-order valence-corrected chi connectivity index (χ0v) is 10.7. The number of para-hydroxylation sites is 2. The molecule has 1 heterocycles. The summed E-state index contributed by atoms with van der Waals surface area (Å²) in [5.41, 5.74) is 2.10. The Labute approximate surface area is 112 Å². The smallest absolute Gasteiger partial charge is 0.334 e. The normalized spacial score (nSPS) is 17.8. The summed E-state index contributed by atoms with van der Waals surface area (Å²) in [6.07, 6.45) is 0.657. The molecule has 0 fully saturated rings. The van der Waals surface area contributed by atoms with Gasteiger partial charge in [0.2, 0.25) is 0 Å². The Bertz CT molecular complexity index is 595. The predicted octanol–water partition coefficient (Wildman–Crippen LogP) is 2.65. The van der Waals surface area contributed by atoms with E-state index in [1.165, 1.54) is 0 Å². The van der Waals surface area contributed by atoms with Gasteiger partial charge >= 0.3 is 5.97 Å². The van der Waals surface area contributed by atoms with Crippen molar-refractivity contribution in [3.05, 3.63) is 60.2 Å². The molecule has 3 nitrogen and oxygen atoms in total. The van der Waals surface area contributed by atoms with Crippen molar-refractivity contribution in [3.8, 4) is 5.75 Å². The highest BCUT2D eigenvalue weighted by Crippen LogP contribution is 2.33. The monoisotopic (exact) mass is 253 g/mol. The Balaban J connectivity index is 1.89. The molecule has 1 aliphatic rings. The van der Waals surface area contributed by atoms with E-state index in [9.17, 15) is 4.79 Å². The molecule has 0 N–H and O–H groups in total. The van der Waals surface area contributed by atoms with Gasteiger partial charge in [0.1, 0.15) is 6.04 Å². The molecule has 19 heavy (non-hydrogen) atoms. The first kappa shape index (κ1) is 11.8. The van der Waals surface area contributed by atoms with E-state index in [-0.39, 0.29) is 12.0 Å². The van der Waals surface area contributed by atoms with Crippen LogP contribution in [0.1, 0.15) is 5.56 Å². The molecule has 0 aliphatic carbocycles. The van der Waals surface area contributed by atoms with Gasteiger partial charge in [-0.25, -0.2) is 4.79 Å². The molecule has 96 valence electrons. The molecule has 3 heteroatoms. The number of carbonyl (C=O) groups is 1. The summed E-state index contributed by atoms with van der Waals surface area (Å²) < 4.78 is 5.41.